The van der Waals surface area contributed by atoms with Gasteiger partial charge in [0.1, 0.15) is 5.75 Å². The van der Waals surface area contributed by atoms with E-state index in [4.69, 9.17) is 9.47 Å². The number of hydrogen-bond acceptors (Lipinski definition) is 4. The van der Waals surface area contributed by atoms with Gasteiger partial charge in [-0.3, -0.25) is 0 Å². The monoisotopic (exact) mass is 375 g/mol. The molecule has 0 saturated heterocycles. The van der Waals surface area contributed by atoms with E-state index in [-0.39, 0.29) is 11.5 Å². The van der Waals surface area contributed by atoms with Crippen molar-refractivity contribution in [2.45, 2.75) is 31.2 Å². The van der Waals surface area contributed by atoms with Crippen LogP contribution in [0.4, 0.5) is 5.69 Å². The smallest absolute Gasteiger partial charge is 0.339 e. The number of carbonyl (C=O) groups excluding carboxylic acids is 1. The van der Waals surface area contributed by atoms with Crippen LogP contribution in [0, 0.1) is 0 Å². The molecule has 0 amide bonds. The van der Waals surface area contributed by atoms with Crippen molar-refractivity contribution in [2.75, 3.05) is 19.1 Å². The highest BCUT2D eigenvalue weighted by Gasteiger charge is 2.42. The van der Waals surface area contributed by atoms with E-state index in [9.17, 15) is 4.79 Å². The number of hydrogen-bond donors (Lipinski definition) is 0. The van der Waals surface area contributed by atoms with Crippen molar-refractivity contribution in [3.63, 3.8) is 0 Å². The van der Waals surface area contributed by atoms with Gasteiger partial charge in [-0.2, -0.15) is 0 Å². The summed E-state index contributed by atoms with van der Waals surface area (Å²) in [6.45, 7) is 0. The molecule has 28 heavy (non-hydrogen) atoms. The topological polar surface area (TPSA) is 38.8 Å². The van der Waals surface area contributed by atoms with Gasteiger partial charge >= 0.3 is 5.97 Å². The zero-order valence-electron chi connectivity index (χ0n) is 16.4. The number of rotatable bonds is 4. The maximum Gasteiger partial charge on any atom is 0.339 e. The lowest BCUT2D eigenvalue weighted by molar-refractivity contribution is -0.135. The molecule has 2 aromatic rings. The Morgan fingerprint density at radius 3 is 2.25 bits per heavy atom. The molecule has 1 aliphatic heterocycles. The SMILES string of the molecule is COC(=O)C1=CN(c2ccc(OC)cc2)C2(C=C1c1ccccc1)CCCC2. The Kier molecular flexibility index (Phi) is 4.95. The first-order valence-electron chi connectivity index (χ1n) is 9.69. The molecule has 4 nitrogen and oxygen atoms in total. The van der Waals surface area contributed by atoms with Crippen molar-refractivity contribution in [3.8, 4) is 5.75 Å². The van der Waals surface area contributed by atoms with E-state index in [1.165, 1.54) is 20.0 Å². The number of anilines is 1. The predicted octanol–water partition coefficient (Wildman–Crippen LogP) is 4.97. The van der Waals surface area contributed by atoms with Crippen LogP contribution in [-0.4, -0.2) is 25.7 Å². The van der Waals surface area contributed by atoms with E-state index in [2.05, 4.69) is 11.0 Å². The summed E-state index contributed by atoms with van der Waals surface area (Å²) in [5.41, 5.74) is 3.51. The normalized spacial score (nSPS) is 17.9. The van der Waals surface area contributed by atoms with Gasteiger partial charge in [0.25, 0.3) is 0 Å². The zero-order chi connectivity index (χ0) is 19.6. The summed E-state index contributed by atoms with van der Waals surface area (Å²) in [6, 6.07) is 18.1. The first-order valence-corrected chi connectivity index (χ1v) is 9.69. The Morgan fingerprint density at radius 1 is 0.964 bits per heavy atom. The van der Waals surface area contributed by atoms with Gasteiger partial charge in [0.05, 0.1) is 25.3 Å². The predicted molar refractivity (Wildman–Crippen MR) is 111 cm³/mol. The molecule has 1 aliphatic carbocycles. The van der Waals surface area contributed by atoms with Gasteiger partial charge in [0.15, 0.2) is 0 Å². The van der Waals surface area contributed by atoms with E-state index in [1.54, 1.807) is 7.11 Å². The largest absolute Gasteiger partial charge is 0.497 e. The maximum absolute atomic E-state index is 12.7. The molecule has 1 heterocycles. The first kappa shape index (κ1) is 18.4. The highest BCUT2D eigenvalue weighted by molar-refractivity contribution is 6.08. The fourth-order valence-corrected chi connectivity index (χ4v) is 4.32. The van der Waals surface area contributed by atoms with Crippen LogP contribution in [0.3, 0.4) is 0 Å². The van der Waals surface area contributed by atoms with Gasteiger partial charge < -0.3 is 14.4 Å². The second kappa shape index (κ2) is 7.55. The minimum atomic E-state index is -0.318. The summed E-state index contributed by atoms with van der Waals surface area (Å²) in [4.78, 5) is 14.9. The molecule has 0 radical (unpaired) electrons. The minimum Gasteiger partial charge on any atom is -0.497 e. The van der Waals surface area contributed by atoms with Gasteiger partial charge in [-0.05, 0) is 54.3 Å². The summed E-state index contributed by atoms with van der Waals surface area (Å²) in [6.07, 6.45) is 8.72. The van der Waals surface area contributed by atoms with Crippen molar-refractivity contribution in [1.29, 1.82) is 0 Å². The molecule has 2 aliphatic rings. The Balaban J connectivity index is 1.85. The summed E-state index contributed by atoms with van der Waals surface area (Å²) in [5, 5.41) is 0. The fraction of sp³-hybridized carbons (Fsp3) is 0.292. The molecule has 0 N–H and O–H groups in total. The third-order valence-corrected chi connectivity index (χ3v) is 5.75. The van der Waals surface area contributed by atoms with Gasteiger partial charge in [-0.25, -0.2) is 4.79 Å². The number of benzene rings is 2. The van der Waals surface area contributed by atoms with Gasteiger partial charge in [-0.15, -0.1) is 0 Å². The molecular weight excluding hydrogens is 350 g/mol. The van der Waals surface area contributed by atoms with Crippen LogP contribution in [-0.2, 0) is 9.53 Å². The van der Waals surface area contributed by atoms with E-state index in [1.807, 2.05) is 60.8 Å². The van der Waals surface area contributed by atoms with E-state index in [0.717, 1.165) is 35.4 Å². The van der Waals surface area contributed by atoms with Crippen LogP contribution >= 0.6 is 0 Å². The molecule has 0 atom stereocenters. The summed E-state index contributed by atoms with van der Waals surface area (Å²) < 4.78 is 10.4. The van der Waals surface area contributed by atoms with Gasteiger partial charge in [-0.1, -0.05) is 43.2 Å². The van der Waals surface area contributed by atoms with Crippen LogP contribution in [0.25, 0.3) is 5.57 Å². The van der Waals surface area contributed by atoms with E-state index in [0.29, 0.717) is 5.57 Å². The molecule has 4 rings (SSSR count). The molecule has 0 unspecified atom stereocenters. The lowest BCUT2D eigenvalue weighted by atomic mass is 9.83. The second-order valence-corrected chi connectivity index (χ2v) is 7.34. The van der Waals surface area contributed by atoms with Crippen molar-refractivity contribution >= 4 is 17.2 Å². The maximum atomic E-state index is 12.7. The molecule has 144 valence electrons. The highest BCUT2D eigenvalue weighted by atomic mass is 16.5. The van der Waals surface area contributed by atoms with Crippen molar-refractivity contribution < 1.29 is 14.3 Å². The number of nitrogens with zero attached hydrogens (tertiary/aromatic N) is 1. The van der Waals surface area contributed by atoms with Crippen LogP contribution < -0.4 is 9.64 Å². The third-order valence-electron chi connectivity index (χ3n) is 5.75. The second-order valence-electron chi connectivity index (χ2n) is 7.34. The molecule has 2 aromatic carbocycles. The van der Waals surface area contributed by atoms with Crippen LogP contribution in [0.1, 0.15) is 31.2 Å². The molecule has 1 spiro atoms. The molecule has 0 aromatic heterocycles. The van der Waals surface area contributed by atoms with Gasteiger partial charge in [0.2, 0.25) is 0 Å². The lowest BCUT2D eigenvalue weighted by Gasteiger charge is -2.42. The van der Waals surface area contributed by atoms with Crippen molar-refractivity contribution in [3.05, 3.63) is 78.0 Å². The van der Waals surface area contributed by atoms with Crippen molar-refractivity contribution in [2.24, 2.45) is 0 Å². The molecular formula is C24H25NO3. The Labute approximate surface area is 166 Å². The molecule has 0 bridgehead atoms. The van der Waals surface area contributed by atoms with E-state index < -0.39 is 0 Å². The van der Waals surface area contributed by atoms with Crippen LogP contribution in [0.2, 0.25) is 0 Å². The summed E-state index contributed by atoms with van der Waals surface area (Å²) in [5.74, 6) is 0.500. The lowest BCUT2D eigenvalue weighted by Crippen LogP contribution is -2.45. The fourth-order valence-electron chi connectivity index (χ4n) is 4.32. The first-order chi connectivity index (χ1) is 13.7. The number of esters is 1. The molecule has 4 heteroatoms. The average Bonchev–Trinajstić information content (AvgIpc) is 3.22. The van der Waals surface area contributed by atoms with E-state index >= 15 is 0 Å². The molecule has 1 saturated carbocycles. The van der Waals surface area contributed by atoms with Crippen LogP contribution in [0.5, 0.6) is 5.75 Å². The quantitative estimate of drug-likeness (QED) is 0.708. The highest BCUT2D eigenvalue weighted by Crippen LogP contribution is 2.46. The van der Waals surface area contributed by atoms with Crippen LogP contribution in [0.15, 0.2) is 72.4 Å². The van der Waals surface area contributed by atoms with Crippen molar-refractivity contribution in [1.82, 2.24) is 0 Å². The third kappa shape index (κ3) is 3.19. The minimum absolute atomic E-state index is 0.128. The standard InChI is InChI=1S/C24H25NO3/c1-27-20-12-10-19(11-13-20)25-17-22(23(26)28-2)21(18-8-4-3-5-9-18)16-24(25)14-6-7-15-24/h3-5,8-13,16-17H,6-7,14-15H2,1-2H3. The Bertz CT molecular complexity index is 907. The summed E-state index contributed by atoms with van der Waals surface area (Å²) in [7, 11) is 3.10. The summed E-state index contributed by atoms with van der Waals surface area (Å²) >= 11 is 0. The number of ether oxygens (including phenoxy) is 2. The molecule has 1 fully saturated rings. The number of methoxy groups -OCH3 is 2. The van der Waals surface area contributed by atoms with Gasteiger partial charge in [0, 0.05) is 11.9 Å². The Hall–Kier alpha value is -3.01. The zero-order valence-corrected chi connectivity index (χ0v) is 16.4. The average molecular weight is 375 g/mol. The Morgan fingerprint density at radius 2 is 1.64 bits per heavy atom. The number of carbonyl (C=O) groups is 1.